The van der Waals surface area contributed by atoms with Crippen LogP contribution in [0.3, 0.4) is 0 Å². The fourth-order valence-electron chi connectivity index (χ4n) is 14.4. The Morgan fingerprint density at radius 2 is 0.816 bits per heavy atom. The van der Waals surface area contributed by atoms with Crippen molar-refractivity contribution in [1.29, 1.82) is 0 Å². The van der Waals surface area contributed by atoms with Gasteiger partial charge in [-0.2, -0.15) is 6.92 Å². The van der Waals surface area contributed by atoms with Crippen LogP contribution in [0.5, 0.6) is 0 Å². The molecule has 0 aromatic carbocycles. The molecule has 0 spiro atoms. The Bertz CT molecular complexity index is 1030. The van der Waals surface area contributed by atoms with Crippen molar-refractivity contribution in [2.45, 2.75) is 157 Å². The van der Waals surface area contributed by atoms with E-state index < -0.39 is 0 Å². The molecule has 2 unspecified atom stereocenters. The van der Waals surface area contributed by atoms with Gasteiger partial charge in [-0.1, -0.05) is 26.7 Å². The fraction of sp³-hybridized carbons (Fsp3) is 0.900. The molecule has 8 nitrogen and oxygen atoms in total. The number of rotatable bonds is 13. The maximum atomic E-state index is 11.8. The third-order valence-corrected chi connectivity index (χ3v) is 14.5. The number of hydrogen-bond donors (Lipinski definition) is 4. The Hall–Kier alpha value is -0.536. The van der Waals surface area contributed by atoms with Crippen LogP contribution >= 0.6 is 0 Å². The van der Waals surface area contributed by atoms with Gasteiger partial charge in [0.25, 0.3) is 0 Å². The number of carbonyl (C=O) groups is 3. The minimum absolute atomic E-state index is 0. The molecule has 0 aromatic rings. The van der Waals surface area contributed by atoms with Crippen LogP contribution < -0.4 is 22.5 Å². The number of hydrogen-bond acceptors (Lipinski definition) is 7. The average molecular weight is 759 g/mol. The summed E-state index contributed by atoms with van der Waals surface area (Å²) in [5.41, 5.74) is 21.0. The quantitative estimate of drug-likeness (QED) is 0.160. The van der Waals surface area contributed by atoms with Gasteiger partial charge in [0.05, 0.1) is 0 Å². The van der Waals surface area contributed by atoms with Gasteiger partial charge in [-0.05, 0) is 167 Å². The van der Waals surface area contributed by atoms with Gasteiger partial charge in [-0.15, -0.1) is 0 Å². The van der Waals surface area contributed by atoms with E-state index in [4.69, 9.17) is 22.0 Å². The molecule has 8 aliphatic rings. The average Bonchev–Trinajstić information content (AvgIpc) is 3.02. The van der Waals surface area contributed by atoms with Crippen molar-refractivity contribution >= 4 is 23.8 Å². The largest absolute Gasteiger partial charge is 0.542 e. The van der Waals surface area contributed by atoms with Crippen LogP contribution in [0.1, 0.15) is 157 Å². The zero-order valence-electron chi connectivity index (χ0n) is 32.0. The van der Waals surface area contributed by atoms with Gasteiger partial charge in [0, 0.05) is 59.0 Å². The first-order valence-electron chi connectivity index (χ1n) is 19.1. The number of nitrogens with one attached hydrogen (secondary N) is 1. The molecule has 7 N–H and O–H groups in total. The van der Waals surface area contributed by atoms with Gasteiger partial charge in [-0.25, -0.2) is 0 Å². The number of ketones is 2. The maximum absolute atomic E-state index is 11.8. The van der Waals surface area contributed by atoms with Crippen molar-refractivity contribution < 1.29 is 51.9 Å². The van der Waals surface area contributed by atoms with Gasteiger partial charge in [-0.3, -0.25) is 11.1 Å². The Morgan fingerprint density at radius 1 is 0.551 bits per heavy atom. The van der Waals surface area contributed by atoms with E-state index in [0.29, 0.717) is 39.9 Å². The predicted molar refractivity (Wildman–Crippen MR) is 192 cm³/mol. The summed E-state index contributed by atoms with van der Waals surface area (Å²) in [5.74, 6) is 0.613. The molecule has 1 radical (unpaired) electrons. The smallest absolute Gasteiger partial charge is 0.216 e. The second-order valence-corrected chi connectivity index (χ2v) is 19.0. The van der Waals surface area contributed by atoms with Crippen molar-refractivity contribution in [3.63, 3.8) is 0 Å². The van der Waals surface area contributed by atoms with E-state index in [0.717, 1.165) is 51.9 Å². The molecule has 8 aliphatic carbocycles. The van der Waals surface area contributed by atoms with E-state index in [9.17, 15) is 14.4 Å². The Labute approximate surface area is 323 Å². The molecule has 0 saturated heterocycles. The summed E-state index contributed by atoms with van der Waals surface area (Å²) in [6.45, 7) is 14.3. The fourth-order valence-corrected chi connectivity index (χ4v) is 14.4. The van der Waals surface area contributed by atoms with Crippen LogP contribution in [0.4, 0.5) is 0 Å². The third kappa shape index (κ3) is 8.99. The van der Waals surface area contributed by atoms with Crippen molar-refractivity contribution in [1.82, 2.24) is 5.32 Å². The first-order valence-corrected chi connectivity index (χ1v) is 19.1. The van der Waals surface area contributed by atoms with Crippen LogP contribution in [0.2, 0.25) is 0 Å². The van der Waals surface area contributed by atoms with Crippen LogP contribution in [-0.4, -0.2) is 49.9 Å². The Balaban J connectivity index is 0.000000256. The standard InChI is InChI=1S/C23H37NO3.C15H29N3.C2H3O.Y/c1-5-20-10-21(8-6-17(2)25)13-22(11-20,9-7-18(3)26)15-23(12-20,14-21)16-24-19(4)27;1-2-12-3-13(9-16)6-14(4-12,10-17)8-15(5-12,7-13)11-18;1-2-3;/h5-16H2,1-4H3,(H,24,27);2-11,16-18H2,1H3;1H3;/q;;-1;/t20?,21-,22+,23?;;;. The SMILES string of the molecule is CCC12CC3(CN)CC(CN)(C1)CC(CN)(C2)C3.CCC12CC3(CNC(C)=O)C[C@](CCC(C)=O)(C1)C[C@](CCC(C)=O)(C2)C3.C[C-]=O.[Y]. The van der Waals surface area contributed by atoms with E-state index in [1.54, 1.807) is 20.8 Å². The molecule has 49 heavy (non-hydrogen) atoms. The van der Waals surface area contributed by atoms with Crippen molar-refractivity contribution in [3.05, 3.63) is 0 Å². The second-order valence-electron chi connectivity index (χ2n) is 19.0. The summed E-state index contributed by atoms with van der Waals surface area (Å²) in [7, 11) is 0. The monoisotopic (exact) mass is 758 g/mol. The number of carbonyl (C=O) groups excluding carboxylic acids is 4. The molecule has 8 rings (SSSR count). The molecule has 8 fully saturated rings. The molecule has 8 saturated carbocycles. The summed E-state index contributed by atoms with van der Waals surface area (Å²) in [6.07, 6.45) is 22.1. The maximum Gasteiger partial charge on any atom is 0.216 e. The molecule has 0 heterocycles. The van der Waals surface area contributed by atoms with Crippen molar-refractivity contribution in [3.8, 4) is 0 Å². The Kier molecular flexibility index (Phi) is 13.8. The molecule has 8 bridgehead atoms. The van der Waals surface area contributed by atoms with Gasteiger partial charge in [0.1, 0.15) is 11.6 Å². The van der Waals surface area contributed by atoms with E-state index in [2.05, 4.69) is 19.2 Å². The van der Waals surface area contributed by atoms with E-state index in [1.165, 1.54) is 90.3 Å². The molecule has 4 atom stereocenters. The third-order valence-electron chi connectivity index (χ3n) is 14.5. The summed E-state index contributed by atoms with van der Waals surface area (Å²) >= 11 is 0. The van der Waals surface area contributed by atoms with Crippen LogP contribution in [-0.2, 0) is 51.9 Å². The molecule has 277 valence electrons. The summed E-state index contributed by atoms with van der Waals surface area (Å²) in [4.78, 5) is 43.9. The van der Waals surface area contributed by atoms with Crippen LogP contribution in [0, 0.1) is 43.3 Å². The van der Waals surface area contributed by atoms with Crippen LogP contribution in [0.25, 0.3) is 0 Å². The molecule has 0 aliphatic heterocycles. The molecular formula is C40H69N4O4Y-. The predicted octanol–water partition coefficient (Wildman–Crippen LogP) is 6.31. The summed E-state index contributed by atoms with van der Waals surface area (Å²) in [5, 5.41) is 3.14. The molecule has 0 aromatic heterocycles. The number of amides is 1. The van der Waals surface area contributed by atoms with Crippen molar-refractivity contribution in [2.75, 3.05) is 26.2 Å². The van der Waals surface area contributed by atoms with Gasteiger partial charge < -0.3 is 36.9 Å². The van der Waals surface area contributed by atoms with E-state index in [1.807, 2.05) is 0 Å². The Morgan fingerprint density at radius 3 is 1.10 bits per heavy atom. The molecule has 9 heteroatoms. The topological polar surface area (TPSA) is 158 Å². The summed E-state index contributed by atoms with van der Waals surface area (Å²) < 4.78 is 0. The minimum Gasteiger partial charge on any atom is -0.542 e. The summed E-state index contributed by atoms with van der Waals surface area (Å²) in [6, 6.07) is 0. The van der Waals surface area contributed by atoms with Gasteiger partial charge in [0.15, 0.2) is 0 Å². The first kappa shape index (κ1) is 42.9. The number of nitrogens with two attached hydrogens (primary N) is 3. The van der Waals surface area contributed by atoms with Crippen LogP contribution in [0.15, 0.2) is 0 Å². The normalized spacial score (nSPS) is 41.8. The van der Waals surface area contributed by atoms with Gasteiger partial charge >= 0.3 is 0 Å². The zero-order chi connectivity index (χ0) is 35.7. The van der Waals surface area contributed by atoms with E-state index >= 15 is 0 Å². The van der Waals surface area contributed by atoms with Gasteiger partial charge in [0.2, 0.25) is 5.91 Å². The second kappa shape index (κ2) is 15.8. The molecule has 1 amide bonds. The number of Topliss-reactive ketones (excluding diaryl/α,β-unsaturated/α-hetero) is 2. The molecular weight excluding hydrogens is 689 g/mol. The zero-order valence-corrected chi connectivity index (χ0v) is 34.8. The minimum atomic E-state index is 0. The van der Waals surface area contributed by atoms with E-state index in [-0.39, 0.29) is 66.4 Å². The van der Waals surface area contributed by atoms with Crippen molar-refractivity contribution in [2.24, 2.45) is 60.5 Å². The first-order chi connectivity index (χ1) is 22.5.